The number of aryl methyl sites for hydroxylation is 1. The summed E-state index contributed by atoms with van der Waals surface area (Å²) in [6.07, 6.45) is 1.58. The van der Waals surface area contributed by atoms with Gasteiger partial charge in [-0.25, -0.2) is 9.67 Å². The van der Waals surface area contributed by atoms with Gasteiger partial charge in [0.1, 0.15) is 12.2 Å². The van der Waals surface area contributed by atoms with Crippen LogP contribution in [0.3, 0.4) is 0 Å². The molecule has 1 aliphatic heterocycles. The Balaban J connectivity index is 1.93. The van der Waals surface area contributed by atoms with Crippen molar-refractivity contribution in [3.05, 3.63) is 12.2 Å². The summed E-state index contributed by atoms with van der Waals surface area (Å²) < 4.78 is 1.88. The zero-order chi connectivity index (χ0) is 10.7. The largest absolute Gasteiger partial charge is 0.349 e. The fourth-order valence-electron chi connectivity index (χ4n) is 1.57. The molecule has 0 spiro atoms. The predicted molar refractivity (Wildman–Crippen MR) is 57.5 cm³/mol. The van der Waals surface area contributed by atoms with Crippen LogP contribution in [0.5, 0.6) is 0 Å². The molecule has 0 atom stereocenters. The first-order valence-electron chi connectivity index (χ1n) is 5.17. The van der Waals surface area contributed by atoms with E-state index < -0.39 is 0 Å². The number of aromatic nitrogens is 3. The Labute approximate surface area is 89.0 Å². The van der Waals surface area contributed by atoms with Gasteiger partial charge in [0.2, 0.25) is 0 Å². The SMILES string of the molecule is CCn1ncnc1CNC1=NCCN1C. The van der Waals surface area contributed by atoms with E-state index in [1.807, 2.05) is 11.7 Å². The third kappa shape index (κ3) is 2.08. The van der Waals surface area contributed by atoms with Crippen molar-refractivity contribution in [1.29, 1.82) is 0 Å². The van der Waals surface area contributed by atoms with Gasteiger partial charge in [0, 0.05) is 20.1 Å². The maximum absolute atomic E-state index is 4.35. The molecule has 15 heavy (non-hydrogen) atoms. The minimum Gasteiger partial charge on any atom is -0.349 e. The second-order valence-electron chi connectivity index (χ2n) is 3.47. The molecule has 0 saturated carbocycles. The van der Waals surface area contributed by atoms with Crippen molar-refractivity contribution >= 4 is 5.96 Å². The molecule has 1 aromatic rings. The minimum atomic E-state index is 0.678. The molecule has 0 fully saturated rings. The number of nitrogens with one attached hydrogen (secondary N) is 1. The van der Waals surface area contributed by atoms with Crippen LogP contribution >= 0.6 is 0 Å². The number of nitrogens with zero attached hydrogens (tertiary/aromatic N) is 5. The third-order valence-corrected chi connectivity index (χ3v) is 2.46. The summed E-state index contributed by atoms with van der Waals surface area (Å²) in [4.78, 5) is 10.6. The summed E-state index contributed by atoms with van der Waals surface area (Å²) in [6, 6.07) is 0. The highest BCUT2D eigenvalue weighted by atomic mass is 15.4. The monoisotopic (exact) mass is 208 g/mol. The lowest BCUT2D eigenvalue weighted by molar-refractivity contribution is 0.526. The van der Waals surface area contributed by atoms with Gasteiger partial charge >= 0.3 is 0 Å². The molecule has 0 radical (unpaired) electrons. The van der Waals surface area contributed by atoms with E-state index in [1.54, 1.807) is 6.33 Å². The van der Waals surface area contributed by atoms with Gasteiger partial charge in [-0.3, -0.25) is 4.99 Å². The molecule has 0 unspecified atom stereocenters. The number of guanidine groups is 1. The van der Waals surface area contributed by atoms with Crippen molar-refractivity contribution in [2.75, 3.05) is 20.1 Å². The number of hydrogen-bond donors (Lipinski definition) is 1. The van der Waals surface area contributed by atoms with Crippen LogP contribution in [0.4, 0.5) is 0 Å². The summed E-state index contributed by atoms with van der Waals surface area (Å²) in [5.74, 6) is 1.89. The smallest absolute Gasteiger partial charge is 0.194 e. The molecule has 0 aliphatic carbocycles. The zero-order valence-electron chi connectivity index (χ0n) is 9.14. The van der Waals surface area contributed by atoms with Crippen LogP contribution in [0.2, 0.25) is 0 Å². The van der Waals surface area contributed by atoms with Gasteiger partial charge in [-0.1, -0.05) is 0 Å². The van der Waals surface area contributed by atoms with Gasteiger partial charge in [-0.05, 0) is 6.92 Å². The molecule has 2 rings (SSSR count). The van der Waals surface area contributed by atoms with Gasteiger partial charge in [-0.15, -0.1) is 0 Å². The molecular weight excluding hydrogens is 192 g/mol. The average Bonchev–Trinajstić information content (AvgIpc) is 2.83. The highest BCUT2D eigenvalue weighted by molar-refractivity contribution is 5.81. The van der Waals surface area contributed by atoms with Crippen molar-refractivity contribution < 1.29 is 0 Å². The molecule has 1 aromatic heterocycles. The van der Waals surface area contributed by atoms with Crippen LogP contribution in [0.1, 0.15) is 12.7 Å². The van der Waals surface area contributed by atoms with E-state index in [0.717, 1.165) is 31.4 Å². The third-order valence-electron chi connectivity index (χ3n) is 2.46. The maximum atomic E-state index is 4.35. The number of hydrogen-bond acceptors (Lipinski definition) is 5. The normalized spacial score (nSPS) is 15.6. The standard InChI is InChI=1S/C9H16N6/c1-3-15-8(12-7-13-15)6-11-9-10-4-5-14(9)2/h7H,3-6H2,1-2H3,(H,10,11). The molecule has 0 aromatic carbocycles. The minimum absolute atomic E-state index is 0.678. The summed E-state index contributed by atoms with van der Waals surface area (Å²) in [6.45, 7) is 5.44. The molecule has 6 heteroatoms. The molecule has 0 amide bonds. The van der Waals surface area contributed by atoms with Gasteiger partial charge < -0.3 is 10.2 Å². The summed E-state index contributed by atoms with van der Waals surface area (Å²) >= 11 is 0. The molecule has 2 heterocycles. The fourth-order valence-corrected chi connectivity index (χ4v) is 1.57. The van der Waals surface area contributed by atoms with E-state index in [0.29, 0.717) is 6.54 Å². The van der Waals surface area contributed by atoms with E-state index >= 15 is 0 Å². The molecule has 1 N–H and O–H groups in total. The molecule has 82 valence electrons. The second-order valence-corrected chi connectivity index (χ2v) is 3.47. The van der Waals surface area contributed by atoms with Crippen LogP contribution in [0.25, 0.3) is 0 Å². The molecular formula is C9H16N6. The van der Waals surface area contributed by atoms with Gasteiger partial charge in [-0.2, -0.15) is 5.10 Å². The van der Waals surface area contributed by atoms with Crippen molar-refractivity contribution in [2.45, 2.75) is 20.0 Å². The van der Waals surface area contributed by atoms with Gasteiger partial charge in [0.15, 0.2) is 5.96 Å². The Hall–Kier alpha value is -1.59. The van der Waals surface area contributed by atoms with E-state index in [9.17, 15) is 0 Å². The molecule has 1 aliphatic rings. The Kier molecular flexibility index (Phi) is 2.84. The first-order chi connectivity index (χ1) is 7.31. The molecule has 6 nitrogen and oxygen atoms in total. The highest BCUT2D eigenvalue weighted by Gasteiger charge is 2.12. The van der Waals surface area contributed by atoms with E-state index in [4.69, 9.17) is 0 Å². The van der Waals surface area contributed by atoms with Gasteiger partial charge in [0.25, 0.3) is 0 Å². The van der Waals surface area contributed by atoms with Crippen LogP contribution in [-0.2, 0) is 13.1 Å². The van der Waals surface area contributed by atoms with Crippen molar-refractivity contribution in [3.63, 3.8) is 0 Å². The fraction of sp³-hybridized carbons (Fsp3) is 0.667. The van der Waals surface area contributed by atoms with Crippen molar-refractivity contribution in [3.8, 4) is 0 Å². The second kappa shape index (κ2) is 4.29. The predicted octanol–water partition coefficient (Wildman–Crippen LogP) is -0.311. The lowest BCUT2D eigenvalue weighted by atomic mass is 10.5. The first-order valence-corrected chi connectivity index (χ1v) is 5.17. The lowest BCUT2D eigenvalue weighted by Gasteiger charge is -2.14. The average molecular weight is 208 g/mol. The van der Waals surface area contributed by atoms with E-state index in [-0.39, 0.29) is 0 Å². The quantitative estimate of drug-likeness (QED) is 0.740. The van der Waals surface area contributed by atoms with Crippen LogP contribution in [0, 0.1) is 0 Å². The van der Waals surface area contributed by atoms with Crippen molar-refractivity contribution in [1.82, 2.24) is 25.0 Å². The summed E-state index contributed by atoms with van der Waals surface area (Å²) in [5, 5.41) is 7.37. The lowest BCUT2D eigenvalue weighted by Crippen LogP contribution is -2.35. The summed E-state index contributed by atoms with van der Waals surface area (Å²) in [7, 11) is 2.03. The van der Waals surface area contributed by atoms with Crippen molar-refractivity contribution in [2.24, 2.45) is 4.99 Å². The maximum Gasteiger partial charge on any atom is 0.194 e. The Morgan fingerprint density at radius 2 is 2.40 bits per heavy atom. The number of rotatable bonds is 3. The first kappa shape index (κ1) is 9.95. The van der Waals surface area contributed by atoms with E-state index in [1.165, 1.54) is 0 Å². The van der Waals surface area contributed by atoms with Crippen LogP contribution in [-0.4, -0.2) is 45.8 Å². The highest BCUT2D eigenvalue weighted by Crippen LogP contribution is 1.98. The number of aliphatic imine (C=N–C) groups is 1. The Morgan fingerprint density at radius 1 is 1.53 bits per heavy atom. The topological polar surface area (TPSA) is 58.3 Å². The molecule has 0 saturated heterocycles. The number of likely N-dealkylation sites (N-methyl/N-ethyl adjacent to an activating group) is 1. The van der Waals surface area contributed by atoms with E-state index in [2.05, 4.69) is 32.2 Å². The Morgan fingerprint density at radius 3 is 3.07 bits per heavy atom. The van der Waals surface area contributed by atoms with Crippen LogP contribution < -0.4 is 5.32 Å². The van der Waals surface area contributed by atoms with Gasteiger partial charge in [0.05, 0.1) is 13.1 Å². The molecule has 0 bridgehead atoms. The van der Waals surface area contributed by atoms with Crippen LogP contribution in [0.15, 0.2) is 11.3 Å². The summed E-state index contributed by atoms with van der Waals surface area (Å²) in [5.41, 5.74) is 0. The zero-order valence-corrected chi connectivity index (χ0v) is 9.14. The Bertz CT molecular complexity index is 355.